The minimum Gasteiger partial charge on any atom is -0.462 e. The highest BCUT2D eigenvalue weighted by Gasteiger charge is 2.12. The fourth-order valence-corrected chi connectivity index (χ4v) is 2.66. The molecule has 1 amide bonds. The molecule has 0 spiro atoms. The summed E-state index contributed by atoms with van der Waals surface area (Å²) >= 11 is 11.8. The minimum absolute atomic E-state index is 0.275. The van der Waals surface area contributed by atoms with Gasteiger partial charge in [0.05, 0.1) is 22.8 Å². The van der Waals surface area contributed by atoms with Gasteiger partial charge in [-0.3, -0.25) is 4.79 Å². The van der Waals surface area contributed by atoms with Crippen LogP contribution in [0.1, 0.15) is 46.9 Å². The van der Waals surface area contributed by atoms with Crippen LogP contribution in [0.5, 0.6) is 0 Å². The first kappa shape index (κ1) is 19.3. The van der Waals surface area contributed by atoms with Gasteiger partial charge in [0, 0.05) is 10.7 Å². The summed E-state index contributed by atoms with van der Waals surface area (Å²) in [5.41, 5.74) is 1.32. The first-order valence-corrected chi connectivity index (χ1v) is 8.80. The molecule has 0 radical (unpaired) electrons. The van der Waals surface area contributed by atoms with E-state index in [1.165, 1.54) is 6.07 Å². The molecule has 2 aromatic carbocycles. The summed E-state index contributed by atoms with van der Waals surface area (Å²) in [7, 11) is 0. The molecule has 0 aliphatic carbocycles. The fourth-order valence-electron chi connectivity index (χ4n) is 2.16. The molecular formula is C19H19Cl2NO3. The van der Waals surface area contributed by atoms with E-state index in [2.05, 4.69) is 12.2 Å². The van der Waals surface area contributed by atoms with E-state index in [0.29, 0.717) is 28.4 Å². The number of hydrogen-bond donors (Lipinski definition) is 1. The van der Waals surface area contributed by atoms with E-state index in [0.717, 1.165) is 19.3 Å². The average Bonchev–Trinajstić information content (AvgIpc) is 2.59. The average molecular weight is 380 g/mol. The molecule has 2 rings (SSSR count). The zero-order chi connectivity index (χ0) is 18.2. The van der Waals surface area contributed by atoms with Gasteiger partial charge in [-0.05, 0) is 48.9 Å². The summed E-state index contributed by atoms with van der Waals surface area (Å²) in [5.74, 6) is -0.716. The van der Waals surface area contributed by atoms with E-state index < -0.39 is 0 Å². The predicted molar refractivity (Wildman–Crippen MR) is 101 cm³/mol. The number of hydrogen-bond acceptors (Lipinski definition) is 3. The molecule has 0 bridgehead atoms. The zero-order valence-electron chi connectivity index (χ0n) is 13.9. The number of rotatable bonds is 7. The maximum absolute atomic E-state index is 12.2. The Bertz CT molecular complexity index is 745. The van der Waals surface area contributed by atoms with E-state index in [4.69, 9.17) is 27.9 Å². The molecule has 0 aliphatic heterocycles. The van der Waals surface area contributed by atoms with Gasteiger partial charge in [-0.1, -0.05) is 43.0 Å². The van der Waals surface area contributed by atoms with Crippen molar-refractivity contribution in [3.8, 4) is 0 Å². The molecule has 0 aliphatic rings. The fraction of sp³-hybridized carbons (Fsp3) is 0.263. The monoisotopic (exact) mass is 379 g/mol. The number of esters is 1. The van der Waals surface area contributed by atoms with Gasteiger partial charge in [-0.15, -0.1) is 0 Å². The maximum Gasteiger partial charge on any atom is 0.338 e. The Morgan fingerprint density at radius 1 is 1.04 bits per heavy atom. The molecule has 25 heavy (non-hydrogen) atoms. The Hall–Kier alpha value is -2.04. The van der Waals surface area contributed by atoms with Gasteiger partial charge in [-0.2, -0.15) is 0 Å². The number of carbonyl (C=O) groups excluding carboxylic acids is 2. The molecule has 0 aromatic heterocycles. The number of anilines is 1. The second kappa shape index (κ2) is 9.44. The van der Waals surface area contributed by atoms with Crippen molar-refractivity contribution in [1.82, 2.24) is 0 Å². The Labute approximate surface area is 157 Å². The van der Waals surface area contributed by atoms with E-state index in [1.807, 2.05) is 0 Å². The van der Waals surface area contributed by atoms with Gasteiger partial charge >= 0.3 is 5.97 Å². The van der Waals surface area contributed by atoms with Crippen molar-refractivity contribution in [3.63, 3.8) is 0 Å². The number of halogens is 2. The third-order valence-corrected chi connectivity index (χ3v) is 4.08. The van der Waals surface area contributed by atoms with Crippen molar-refractivity contribution in [2.45, 2.75) is 26.2 Å². The molecule has 0 atom stereocenters. The third-order valence-electron chi connectivity index (χ3n) is 3.54. The molecule has 132 valence electrons. The lowest BCUT2D eigenvalue weighted by molar-refractivity contribution is 0.0498. The Morgan fingerprint density at radius 3 is 2.40 bits per heavy atom. The summed E-state index contributed by atoms with van der Waals surface area (Å²) in [4.78, 5) is 24.1. The van der Waals surface area contributed by atoms with Crippen LogP contribution in [0.25, 0.3) is 0 Å². The number of amides is 1. The van der Waals surface area contributed by atoms with Crippen molar-refractivity contribution in [2.24, 2.45) is 0 Å². The van der Waals surface area contributed by atoms with Gasteiger partial charge in [0.15, 0.2) is 0 Å². The highest BCUT2D eigenvalue weighted by atomic mass is 35.5. The Balaban J connectivity index is 1.95. The molecule has 0 heterocycles. The molecule has 0 saturated carbocycles. The van der Waals surface area contributed by atoms with Crippen LogP contribution < -0.4 is 5.32 Å². The quantitative estimate of drug-likeness (QED) is 0.503. The van der Waals surface area contributed by atoms with Crippen LogP contribution in [0.4, 0.5) is 5.69 Å². The van der Waals surface area contributed by atoms with Crippen LogP contribution in [-0.2, 0) is 4.74 Å². The number of unbranched alkanes of at least 4 members (excludes halogenated alkanes) is 2. The van der Waals surface area contributed by atoms with Crippen molar-refractivity contribution < 1.29 is 14.3 Å². The molecule has 1 N–H and O–H groups in total. The summed E-state index contributed by atoms with van der Waals surface area (Å²) in [6.45, 7) is 2.51. The van der Waals surface area contributed by atoms with Gasteiger partial charge in [-0.25, -0.2) is 4.79 Å². The van der Waals surface area contributed by atoms with Crippen LogP contribution in [0.3, 0.4) is 0 Å². The van der Waals surface area contributed by atoms with Crippen molar-refractivity contribution >= 4 is 40.8 Å². The van der Waals surface area contributed by atoms with E-state index in [1.54, 1.807) is 36.4 Å². The van der Waals surface area contributed by atoms with Crippen LogP contribution in [0.15, 0.2) is 42.5 Å². The second-order valence-electron chi connectivity index (χ2n) is 5.50. The number of ether oxygens (including phenoxy) is 1. The first-order chi connectivity index (χ1) is 12.0. The van der Waals surface area contributed by atoms with Gasteiger partial charge in [0.1, 0.15) is 0 Å². The smallest absolute Gasteiger partial charge is 0.338 e. The predicted octanol–water partition coefficient (Wildman–Crippen LogP) is 5.59. The number of nitrogens with one attached hydrogen (secondary N) is 1. The van der Waals surface area contributed by atoms with E-state index in [-0.39, 0.29) is 16.9 Å². The Kier molecular flexibility index (Phi) is 7.29. The number of carbonyl (C=O) groups is 2. The van der Waals surface area contributed by atoms with E-state index in [9.17, 15) is 9.59 Å². The first-order valence-electron chi connectivity index (χ1n) is 8.05. The third kappa shape index (κ3) is 5.76. The standard InChI is InChI=1S/C19H19Cl2NO3/c1-2-3-4-11-25-19(24)13-5-8-15(9-6-13)22-18(23)16-10-7-14(20)12-17(16)21/h5-10,12H,2-4,11H2,1H3,(H,22,23). The minimum atomic E-state index is -0.366. The lowest BCUT2D eigenvalue weighted by Gasteiger charge is -2.08. The summed E-state index contributed by atoms with van der Waals surface area (Å²) in [5, 5.41) is 3.46. The highest BCUT2D eigenvalue weighted by Crippen LogP contribution is 2.22. The SMILES string of the molecule is CCCCCOC(=O)c1ccc(NC(=O)c2ccc(Cl)cc2Cl)cc1. The van der Waals surface area contributed by atoms with Crippen molar-refractivity contribution in [2.75, 3.05) is 11.9 Å². The topological polar surface area (TPSA) is 55.4 Å². The van der Waals surface area contributed by atoms with Crippen LogP contribution in [0.2, 0.25) is 10.0 Å². The van der Waals surface area contributed by atoms with Crippen LogP contribution in [0, 0.1) is 0 Å². The normalized spacial score (nSPS) is 10.4. The largest absolute Gasteiger partial charge is 0.462 e. The van der Waals surface area contributed by atoms with Gasteiger partial charge in [0.25, 0.3) is 5.91 Å². The lowest BCUT2D eigenvalue weighted by atomic mass is 10.2. The lowest BCUT2D eigenvalue weighted by Crippen LogP contribution is -2.13. The van der Waals surface area contributed by atoms with Gasteiger partial charge < -0.3 is 10.1 Å². The molecule has 2 aromatic rings. The second-order valence-corrected chi connectivity index (χ2v) is 6.34. The van der Waals surface area contributed by atoms with Crippen LogP contribution in [-0.4, -0.2) is 18.5 Å². The van der Waals surface area contributed by atoms with Crippen molar-refractivity contribution in [1.29, 1.82) is 0 Å². The molecule has 0 fully saturated rings. The van der Waals surface area contributed by atoms with E-state index >= 15 is 0 Å². The van der Waals surface area contributed by atoms with Crippen LogP contribution >= 0.6 is 23.2 Å². The summed E-state index contributed by atoms with van der Waals surface area (Å²) in [6, 6.07) is 11.2. The molecular weight excluding hydrogens is 361 g/mol. The van der Waals surface area contributed by atoms with Crippen molar-refractivity contribution in [3.05, 3.63) is 63.6 Å². The summed E-state index contributed by atoms with van der Waals surface area (Å²) in [6.07, 6.45) is 2.97. The summed E-state index contributed by atoms with van der Waals surface area (Å²) < 4.78 is 5.19. The molecule has 6 heteroatoms. The van der Waals surface area contributed by atoms with Gasteiger partial charge in [0.2, 0.25) is 0 Å². The highest BCUT2D eigenvalue weighted by molar-refractivity contribution is 6.37. The molecule has 0 saturated heterocycles. The Morgan fingerprint density at radius 2 is 1.76 bits per heavy atom. The molecule has 4 nitrogen and oxygen atoms in total. The molecule has 0 unspecified atom stereocenters. The maximum atomic E-state index is 12.2. The zero-order valence-corrected chi connectivity index (χ0v) is 15.4. The number of benzene rings is 2.